The van der Waals surface area contributed by atoms with Gasteiger partial charge in [-0.2, -0.15) is 0 Å². The average Bonchev–Trinajstić information content (AvgIpc) is 3.47. The Kier molecular flexibility index (Phi) is 15.9. The first-order chi connectivity index (χ1) is 35.2. The predicted molar refractivity (Wildman–Crippen MR) is 306 cm³/mol. The molecule has 0 saturated heterocycles. The number of hydrogen-bond acceptors (Lipinski definition) is 5. The van der Waals surface area contributed by atoms with Crippen molar-refractivity contribution in [2.45, 2.75) is 0 Å². The lowest BCUT2D eigenvalue weighted by Crippen LogP contribution is -2.73. The van der Waals surface area contributed by atoms with Crippen LogP contribution in [0.5, 0.6) is 0 Å². The van der Waals surface area contributed by atoms with E-state index in [1.807, 2.05) is 12.1 Å². The van der Waals surface area contributed by atoms with Crippen molar-refractivity contribution in [3.63, 3.8) is 0 Å². The van der Waals surface area contributed by atoms with Crippen LogP contribution in [0, 0.1) is 0 Å². The van der Waals surface area contributed by atoms with Gasteiger partial charge >= 0.3 is 37.1 Å². The molecule has 4 unspecified atom stereocenters. The molecule has 10 rings (SSSR count). The smallest absolute Gasteiger partial charge is 0.338 e. The van der Waals surface area contributed by atoms with Gasteiger partial charge in [-0.15, -0.1) is 0 Å². The van der Waals surface area contributed by atoms with Gasteiger partial charge < -0.3 is 20.6 Å². The minimum Gasteiger partial charge on any atom is -0.424 e. The van der Waals surface area contributed by atoms with Gasteiger partial charge in [-0.25, -0.2) is 0 Å². The lowest BCUT2D eigenvalue weighted by Gasteiger charge is -2.39. The molecule has 0 amide bonds. The Morgan fingerprint density at radius 1 is 0.183 bits per heavy atom. The van der Waals surface area contributed by atoms with E-state index in [9.17, 15) is 0 Å². The largest absolute Gasteiger partial charge is 0.424 e. The zero-order valence-corrected chi connectivity index (χ0v) is 45.8. The van der Waals surface area contributed by atoms with Crippen LogP contribution >= 0.6 is 0 Å². The molecule has 71 heavy (non-hydrogen) atoms. The van der Waals surface area contributed by atoms with E-state index in [2.05, 4.69) is 291 Å². The SMILES string of the molecule is c1ccc([SiH](O[SiH](O[SiH](O[Si](c2ccccc2)(c2ccccc2)c2ccccc2)c2ccccc2)c2ccccc2)O[SiH](O[Si](c2ccccc2)(c2ccccc2)c2ccccc2)c2ccccc2)cc1. The van der Waals surface area contributed by atoms with E-state index in [1.54, 1.807) is 0 Å². The number of rotatable bonds is 20. The summed E-state index contributed by atoms with van der Waals surface area (Å²) in [7, 11) is -18.2. The molecule has 0 radical (unpaired) electrons. The van der Waals surface area contributed by atoms with Gasteiger partial charge in [-0.3, -0.25) is 0 Å². The maximum atomic E-state index is 8.06. The molecule has 0 N–H and O–H groups in total. The molecular formula is C60H54O5Si6. The lowest BCUT2D eigenvalue weighted by atomic mass is 10.3. The normalized spacial score (nSPS) is 13.4. The molecule has 0 spiro atoms. The van der Waals surface area contributed by atoms with Gasteiger partial charge in [0.1, 0.15) is 0 Å². The van der Waals surface area contributed by atoms with Crippen LogP contribution in [0.3, 0.4) is 0 Å². The van der Waals surface area contributed by atoms with Crippen LogP contribution in [0.15, 0.2) is 303 Å². The minimum atomic E-state index is -3.26. The van der Waals surface area contributed by atoms with Gasteiger partial charge in [0.05, 0.1) is 0 Å². The van der Waals surface area contributed by atoms with Crippen LogP contribution in [0.1, 0.15) is 0 Å². The summed E-state index contributed by atoms with van der Waals surface area (Å²) in [6.45, 7) is 0. The molecule has 10 aromatic carbocycles. The molecule has 0 saturated carbocycles. The highest BCUT2D eigenvalue weighted by atomic mass is 28.5. The summed E-state index contributed by atoms with van der Waals surface area (Å²) in [6, 6.07) is 106. The van der Waals surface area contributed by atoms with Crippen molar-refractivity contribution in [3.05, 3.63) is 303 Å². The van der Waals surface area contributed by atoms with Crippen LogP contribution in [-0.2, 0) is 20.6 Å². The third-order valence-corrected chi connectivity index (χ3v) is 33.7. The highest BCUT2D eigenvalue weighted by molar-refractivity contribution is 7.11. The number of hydrogen-bond donors (Lipinski definition) is 0. The zero-order valence-electron chi connectivity index (χ0n) is 39.2. The van der Waals surface area contributed by atoms with E-state index in [-0.39, 0.29) is 0 Å². The fourth-order valence-corrected chi connectivity index (χ4v) is 33.9. The topological polar surface area (TPSA) is 46.2 Å². The third kappa shape index (κ3) is 11.0. The first-order valence-electron chi connectivity index (χ1n) is 24.1. The Bertz CT molecular complexity index is 2720. The van der Waals surface area contributed by atoms with Crippen LogP contribution in [0.4, 0.5) is 0 Å². The minimum absolute atomic E-state index is 1.01. The predicted octanol–water partition coefficient (Wildman–Crippen LogP) is 4.91. The molecule has 348 valence electrons. The molecule has 0 bridgehead atoms. The monoisotopic (exact) mass is 1020 g/mol. The average molecular weight is 1020 g/mol. The fourth-order valence-electron chi connectivity index (χ4n) is 9.27. The Morgan fingerprint density at radius 2 is 0.338 bits per heavy atom. The molecule has 11 heteroatoms. The maximum absolute atomic E-state index is 8.06. The summed E-state index contributed by atoms with van der Waals surface area (Å²) in [6.07, 6.45) is 0. The second-order valence-electron chi connectivity index (χ2n) is 17.2. The highest BCUT2D eigenvalue weighted by Gasteiger charge is 2.48. The highest BCUT2D eigenvalue weighted by Crippen LogP contribution is 2.17. The lowest BCUT2D eigenvalue weighted by molar-refractivity contribution is 0.350. The molecule has 10 aromatic rings. The third-order valence-electron chi connectivity index (χ3n) is 12.7. The molecule has 0 aromatic heterocycles. The molecule has 0 aliphatic rings. The van der Waals surface area contributed by atoms with Crippen molar-refractivity contribution in [1.82, 2.24) is 0 Å². The molecule has 5 nitrogen and oxygen atoms in total. The van der Waals surface area contributed by atoms with E-state index in [0.717, 1.165) is 51.9 Å². The van der Waals surface area contributed by atoms with Crippen molar-refractivity contribution in [1.29, 1.82) is 0 Å². The molecule has 0 aliphatic carbocycles. The van der Waals surface area contributed by atoms with Gasteiger partial charge in [0, 0.05) is 0 Å². The Morgan fingerprint density at radius 3 is 0.535 bits per heavy atom. The van der Waals surface area contributed by atoms with E-state index >= 15 is 0 Å². The van der Waals surface area contributed by atoms with E-state index in [1.165, 1.54) is 0 Å². The molecular weight excluding hydrogens is 969 g/mol. The van der Waals surface area contributed by atoms with Crippen LogP contribution in [-0.4, -0.2) is 53.8 Å². The van der Waals surface area contributed by atoms with Gasteiger partial charge in [0.25, 0.3) is 16.6 Å². The van der Waals surface area contributed by atoms with Crippen molar-refractivity contribution in [3.8, 4) is 0 Å². The summed E-state index contributed by atoms with van der Waals surface area (Å²) in [4.78, 5) is 0. The Balaban J connectivity index is 1.11. The van der Waals surface area contributed by atoms with Crippen molar-refractivity contribution < 1.29 is 20.6 Å². The van der Waals surface area contributed by atoms with Gasteiger partial charge in [0.15, 0.2) is 0 Å². The fraction of sp³-hybridized carbons (Fsp3) is 0. The van der Waals surface area contributed by atoms with Gasteiger partial charge in [-0.05, 0) is 51.9 Å². The van der Waals surface area contributed by atoms with Crippen LogP contribution in [0.2, 0.25) is 0 Å². The first kappa shape index (κ1) is 48.0. The van der Waals surface area contributed by atoms with E-state index < -0.39 is 53.8 Å². The van der Waals surface area contributed by atoms with Crippen LogP contribution < -0.4 is 51.9 Å². The molecule has 4 atom stereocenters. The van der Waals surface area contributed by atoms with Gasteiger partial charge in [0.2, 0.25) is 0 Å². The Labute approximate surface area is 426 Å². The second-order valence-corrected chi connectivity index (χ2v) is 33.8. The molecule has 0 aliphatic heterocycles. The molecule has 0 fully saturated rings. The maximum Gasteiger partial charge on any atom is 0.338 e. The standard InChI is InChI=1S/C60H54O5Si6/c1-11-31-51(32-12-1)66(62-68(53-35-15-3-16-36-53)64-70(55-39-19-5-20-40-55,56-41-21-6-22-42-56)57-43-23-7-24-44-57)61-67(52-33-13-2-14-34-52)63-69(54-37-17-4-18-38-54)65-71(58-45-25-8-26-46-58,59-47-27-9-28-48-59)60-49-29-10-30-50-60/h1-50,66-69H. The van der Waals surface area contributed by atoms with Gasteiger partial charge in [-0.1, -0.05) is 303 Å². The van der Waals surface area contributed by atoms with Crippen LogP contribution in [0.25, 0.3) is 0 Å². The molecule has 0 heterocycles. The van der Waals surface area contributed by atoms with E-state index in [0.29, 0.717) is 0 Å². The second kappa shape index (κ2) is 23.5. The summed E-state index contributed by atoms with van der Waals surface area (Å²) in [5.74, 6) is 0. The van der Waals surface area contributed by atoms with Crippen molar-refractivity contribution >= 4 is 106 Å². The van der Waals surface area contributed by atoms with E-state index in [4.69, 9.17) is 20.6 Å². The summed E-state index contributed by atoms with van der Waals surface area (Å²) in [5, 5.41) is 10.9. The summed E-state index contributed by atoms with van der Waals surface area (Å²) >= 11 is 0. The first-order valence-corrected chi connectivity index (χ1v) is 34.0. The van der Waals surface area contributed by atoms with Crippen molar-refractivity contribution in [2.75, 3.05) is 0 Å². The summed E-state index contributed by atoms with van der Waals surface area (Å²) in [5.41, 5.74) is 0. The Hall–Kier alpha value is -6.70. The summed E-state index contributed by atoms with van der Waals surface area (Å²) < 4.78 is 39.5. The zero-order chi connectivity index (χ0) is 48.0. The quantitative estimate of drug-likeness (QED) is 0.0804. The van der Waals surface area contributed by atoms with Crippen molar-refractivity contribution in [2.24, 2.45) is 0 Å². The number of benzene rings is 10.